The van der Waals surface area contributed by atoms with Gasteiger partial charge >= 0.3 is 0 Å². The molecule has 0 bridgehead atoms. The fourth-order valence-electron chi connectivity index (χ4n) is 2.68. The topological polar surface area (TPSA) is 65.5 Å². The van der Waals surface area contributed by atoms with E-state index in [0.29, 0.717) is 11.3 Å². The van der Waals surface area contributed by atoms with Crippen LogP contribution in [0.25, 0.3) is 0 Å². The zero-order chi connectivity index (χ0) is 14.7. The van der Waals surface area contributed by atoms with Crippen LogP contribution in [-0.2, 0) is 0 Å². The largest absolute Gasteiger partial charge is 0.384 e. The first kappa shape index (κ1) is 14.1. The summed E-state index contributed by atoms with van der Waals surface area (Å²) in [5.41, 5.74) is 1.11. The molecule has 1 aromatic rings. The number of likely N-dealkylation sites (tertiary alicyclic amines) is 1. The number of aliphatic hydroxyl groups is 1. The third-order valence-corrected chi connectivity index (χ3v) is 3.93. The van der Waals surface area contributed by atoms with Crippen molar-refractivity contribution in [3.63, 3.8) is 0 Å². The second kappa shape index (κ2) is 6.25. The van der Waals surface area contributed by atoms with Crippen molar-refractivity contribution in [3.8, 4) is 11.8 Å². The van der Waals surface area contributed by atoms with Gasteiger partial charge in [-0.05, 0) is 31.4 Å². The van der Waals surface area contributed by atoms with Crippen molar-refractivity contribution in [1.82, 2.24) is 15.2 Å². The van der Waals surface area contributed by atoms with Gasteiger partial charge in [-0.3, -0.25) is 9.69 Å². The fourth-order valence-corrected chi connectivity index (χ4v) is 2.68. The monoisotopic (exact) mass is 285 g/mol. The van der Waals surface area contributed by atoms with Crippen molar-refractivity contribution in [2.45, 2.75) is 31.3 Å². The minimum atomic E-state index is -0.179. The van der Waals surface area contributed by atoms with Gasteiger partial charge in [-0.25, -0.2) is 4.98 Å². The number of hydrogen-bond acceptors (Lipinski definition) is 4. The highest BCUT2D eigenvalue weighted by atomic mass is 16.2. The maximum absolute atomic E-state index is 12.1. The van der Waals surface area contributed by atoms with Gasteiger partial charge < -0.3 is 10.4 Å². The molecular weight excluding hydrogens is 266 g/mol. The average Bonchev–Trinajstić information content (AvgIpc) is 3.26. The fraction of sp³-hybridized carbons (Fsp3) is 0.500. The van der Waals surface area contributed by atoms with Gasteiger partial charge in [-0.15, -0.1) is 0 Å². The SMILES string of the molecule is O=C(NC1CCN(C2CC2)C1)c1ccc(C#CCO)cn1. The Morgan fingerprint density at radius 1 is 1.43 bits per heavy atom. The molecule has 0 aromatic carbocycles. The maximum Gasteiger partial charge on any atom is 0.270 e. The molecule has 5 heteroatoms. The van der Waals surface area contributed by atoms with Crippen molar-refractivity contribution in [1.29, 1.82) is 0 Å². The van der Waals surface area contributed by atoms with Gasteiger partial charge in [-0.2, -0.15) is 0 Å². The Morgan fingerprint density at radius 3 is 2.95 bits per heavy atom. The summed E-state index contributed by atoms with van der Waals surface area (Å²) in [5, 5.41) is 11.7. The lowest BCUT2D eigenvalue weighted by Crippen LogP contribution is -2.37. The third kappa shape index (κ3) is 3.60. The average molecular weight is 285 g/mol. The van der Waals surface area contributed by atoms with Crippen LogP contribution in [0.5, 0.6) is 0 Å². The molecule has 2 aliphatic rings. The second-order valence-electron chi connectivity index (χ2n) is 5.58. The molecule has 1 amide bonds. The van der Waals surface area contributed by atoms with Gasteiger partial charge in [0.25, 0.3) is 5.91 Å². The Labute approximate surface area is 124 Å². The van der Waals surface area contributed by atoms with Crippen LogP contribution in [0.1, 0.15) is 35.3 Å². The van der Waals surface area contributed by atoms with Gasteiger partial charge in [0.15, 0.2) is 0 Å². The minimum absolute atomic E-state index is 0.126. The number of aromatic nitrogens is 1. The Bertz CT molecular complexity index is 569. The lowest BCUT2D eigenvalue weighted by molar-refractivity contribution is 0.0932. The molecule has 2 heterocycles. The highest BCUT2D eigenvalue weighted by Gasteiger charge is 2.34. The molecule has 1 aliphatic carbocycles. The zero-order valence-electron chi connectivity index (χ0n) is 11.9. The number of amides is 1. The van der Waals surface area contributed by atoms with Gasteiger partial charge in [0.2, 0.25) is 0 Å². The van der Waals surface area contributed by atoms with E-state index in [1.807, 2.05) is 0 Å². The Balaban J connectivity index is 1.55. The Hall–Kier alpha value is -1.90. The lowest BCUT2D eigenvalue weighted by atomic mass is 10.2. The molecule has 110 valence electrons. The van der Waals surface area contributed by atoms with Crippen molar-refractivity contribution in [2.75, 3.05) is 19.7 Å². The summed E-state index contributed by atoms with van der Waals surface area (Å²) in [6.07, 6.45) is 5.18. The summed E-state index contributed by atoms with van der Waals surface area (Å²) >= 11 is 0. The number of carbonyl (C=O) groups excluding carboxylic acids is 1. The molecule has 21 heavy (non-hydrogen) atoms. The molecule has 2 N–H and O–H groups in total. The normalized spacial score (nSPS) is 21.7. The van der Waals surface area contributed by atoms with Crippen LogP contribution in [0, 0.1) is 11.8 Å². The summed E-state index contributed by atoms with van der Waals surface area (Å²) in [6, 6.07) is 4.41. The van der Waals surface area contributed by atoms with E-state index in [0.717, 1.165) is 25.6 Å². The van der Waals surface area contributed by atoms with E-state index in [-0.39, 0.29) is 18.6 Å². The van der Waals surface area contributed by atoms with Crippen LogP contribution in [0.15, 0.2) is 18.3 Å². The van der Waals surface area contributed by atoms with E-state index >= 15 is 0 Å². The number of carbonyl (C=O) groups is 1. The first-order chi connectivity index (χ1) is 10.3. The second-order valence-corrected chi connectivity index (χ2v) is 5.58. The summed E-state index contributed by atoms with van der Waals surface area (Å²) in [5.74, 6) is 5.19. The lowest BCUT2D eigenvalue weighted by Gasteiger charge is -2.15. The quantitative estimate of drug-likeness (QED) is 0.789. The first-order valence-corrected chi connectivity index (χ1v) is 7.37. The van der Waals surface area contributed by atoms with E-state index in [4.69, 9.17) is 5.11 Å². The van der Waals surface area contributed by atoms with Crippen molar-refractivity contribution < 1.29 is 9.90 Å². The molecule has 1 saturated heterocycles. The zero-order valence-corrected chi connectivity index (χ0v) is 11.9. The molecule has 5 nitrogen and oxygen atoms in total. The number of rotatable bonds is 3. The highest BCUT2D eigenvalue weighted by Crippen LogP contribution is 2.29. The van der Waals surface area contributed by atoms with Crippen molar-refractivity contribution in [2.24, 2.45) is 0 Å². The van der Waals surface area contributed by atoms with Crippen LogP contribution >= 0.6 is 0 Å². The van der Waals surface area contributed by atoms with E-state index in [9.17, 15) is 4.79 Å². The molecule has 1 saturated carbocycles. The molecule has 3 rings (SSSR count). The van der Waals surface area contributed by atoms with Crippen LogP contribution < -0.4 is 5.32 Å². The van der Waals surface area contributed by atoms with Gasteiger partial charge in [0.1, 0.15) is 12.3 Å². The van der Waals surface area contributed by atoms with Crippen LogP contribution in [0.2, 0.25) is 0 Å². The van der Waals surface area contributed by atoms with Crippen LogP contribution in [-0.4, -0.2) is 52.7 Å². The summed E-state index contributed by atoms with van der Waals surface area (Å²) in [4.78, 5) is 18.7. The Morgan fingerprint density at radius 2 is 2.29 bits per heavy atom. The Kier molecular flexibility index (Phi) is 4.18. The van der Waals surface area contributed by atoms with Gasteiger partial charge in [-0.1, -0.05) is 11.8 Å². The molecule has 1 aliphatic heterocycles. The van der Waals surface area contributed by atoms with E-state index < -0.39 is 0 Å². The first-order valence-electron chi connectivity index (χ1n) is 7.37. The molecular formula is C16H19N3O2. The standard InChI is InChI=1S/C16H19N3O2/c20-9-1-2-12-3-6-15(17-10-12)16(21)18-13-7-8-19(11-13)14-4-5-14/h3,6,10,13-14,20H,4-5,7-9,11H2,(H,18,21). The summed E-state index contributed by atoms with van der Waals surface area (Å²) in [6.45, 7) is 1.86. The smallest absolute Gasteiger partial charge is 0.270 e. The number of aliphatic hydroxyl groups excluding tert-OH is 1. The summed E-state index contributed by atoms with van der Waals surface area (Å²) in [7, 11) is 0. The number of hydrogen-bond donors (Lipinski definition) is 2. The van der Waals surface area contributed by atoms with Crippen molar-refractivity contribution >= 4 is 5.91 Å². The minimum Gasteiger partial charge on any atom is -0.384 e. The van der Waals surface area contributed by atoms with E-state index in [2.05, 4.69) is 27.0 Å². The molecule has 0 radical (unpaired) electrons. The van der Waals surface area contributed by atoms with E-state index in [1.165, 1.54) is 12.8 Å². The molecule has 0 spiro atoms. The van der Waals surface area contributed by atoms with Crippen LogP contribution in [0.4, 0.5) is 0 Å². The molecule has 1 unspecified atom stereocenters. The highest BCUT2D eigenvalue weighted by molar-refractivity contribution is 5.92. The predicted octanol–water partition coefficient (Wildman–Crippen LogP) is 0.392. The molecule has 1 aromatic heterocycles. The van der Waals surface area contributed by atoms with E-state index in [1.54, 1.807) is 18.3 Å². The number of nitrogens with zero attached hydrogens (tertiary/aromatic N) is 2. The number of pyridine rings is 1. The number of nitrogens with one attached hydrogen (secondary N) is 1. The predicted molar refractivity (Wildman–Crippen MR) is 78.7 cm³/mol. The summed E-state index contributed by atoms with van der Waals surface area (Å²) < 4.78 is 0. The van der Waals surface area contributed by atoms with Crippen molar-refractivity contribution in [3.05, 3.63) is 29.6 Å². The van der Waals surface area contributed by atoms with Crippen LogP contribution in [0.3, 0.4) is 0 Å². The molecule has 2 fully saturated rings. The van der Waals surface area contributed by atoms with Gasteiger partial charge in [0.05, 0.1) is 0 Å². The third-order valence-electron chi connectivity index (χ3n) is 3.93. The maximum atomic E-state index is 12.1. The van der Waals surface area contributed by atoms with Gasteiger partial charge in [0, 0.05) is 36.9 Å². The molecule has 1 atom stereocenters.